The Morgan fingerprint density at radius 2 is 2.06 bits per heavy atom. The van der Waals surface area contributed by atoms with Gasteiger partial charge in [-0.25, -0.2) is 4.79 Å². The Morgan fingerprint density at radius 1 is 1.41 bits per heavy atom. The van der Waals surface area contributed by atoms with Crippen LogP contribution in [0.5, 0.6) is 0 Å². The fourth-order valence-electron chi connectivity index (χ4n) is 1.64. The zero-order chi connectivity index (χ0) is 13.1. The number of carboxylic acids is 1. The second kappa shape index (κ2) is 5.62. The van der Waals surface area contributed by atoms with Crippen LogP contribution in [-0.4, -0.2) is 40.3 Å². The maximum absolute atomic E-state index is 11.6. The number of thioether (sulfide) groups is 1. The van der Waals surface area contributed by atoms with Crippen LogP contribution >= 0.6 is 11.8 Å². The van der Waals surface area contributed by atoms with Crippen molar-refractivity contribution in [1.82, 2.24) is 5.32 Å². The standard InChI is InChI=1S/C11H19NO4S/c1-11(2,3)16-10(15)12-8-6-17-5-7(8)4-9(13)14/h7-8H,4-6H2,1-3H3,(H,12,15)(H,13,14)/t7-,8+/m0/s1. The van der Waals surface area contributed by atoms with Crippen molar-refractivity contribution in [3.8, 4) is 0 Å². The first-order chi connectivity index (χ1) is 7.78. The van der Waals surface area contributed by atoms with Gasteiger partial charge in [-0.1, -0.05) is 0 Å². The van der Waals surface area contributed by atoms with Crippen LogP contribution in [0.4, 0.5) is 4.79 Å². The summed E-state index contributed by atoms with van der Waals surface area (Å²) >= 11 is 1.66. The number of carboxylic acid groups (broad SMARTS) is 1. The minimum Gasteiger partial charge on any atom is -0.481 e. The van der Waals surface area contributed by atoms with Crippen molar-refractivity contribution in [2.24, 2.45) is 5.92 Å². The van der Waals surface area contributed by atoms with Crippen LogP contribution in [0.2, 0.25) is 0 Å². The lowest BCUT2D eigenvalue weighted by Crippen LogP contribution is -2.43. The highest BCUT2D eigenvalue weighted by molar-refractivity contribution is 7.99. The Labute approximate surface area is 105 Å². The number of amides is 1. The van der Waals surface area contributed by atoms with Crippen molar-refractivity contribution in [2.45, 2.75) is 38.8 Å². The summed E-state index contributed by atoms with van der Waals surface area (Å²) in [5.41, 5.74) is -0.530. The molecule has 1 amide bonds. The van der Waals surface area contributed by atoms with E-state index in [0.29, 0.717) is 0 Å². The fourth-order valence-corrected chi connectivity index (χ4v) is 3.04. The molecule has 0 radical (unpaired) electrons. The van der Waals surface area contributed by atoms with Crippen LogP contribution in [0.1, 0.15) is 27.2 Å². The van der Waals surface area contributed by atoms with Gasteiger partial charge < -0.3 is 15.2 Å². The van der Waals surface area contributed by atoms with E-state index < -0.39 is 17.7 Å². The Hall–Kier alpha value is -0.910. The number of ether oxygens (including phenoxy) is 1. The summed E-state index contributed by atoms with van der Waals surface area (Å²) < 4.78 is 5.15. The lowest BCUT2D eigenvalue weighted by atomic mass is 10.0. The molecule has 1 rings (SSSR count). The Bertz CT molecular complexity index is 300. The molecule has 0 spiro atoms. The van der Waals surface area contributed by atoms with Crippen molar-refractivity contribution in [1.29, 1.82) is 0 Å². The largest absolute Gasteiger partial charge is 0.481 e. The number of carbonyl (C=O) groups is 2. The van der Waals surface area contributed by atoms with Crippen molar-refractivity contribution < 1.29 is 19.4 Å². The first kappa shape index (κ1) is 14.2. The molecule has 0 bridgehead atoms. The van der Waals surface area contributed by atoms with Crippen LogP contribution in [-0.2, 0) is 9.53 Å². The minimum absolute atomic E-state index is 0.00924. The Morgan fingerprint density at radius 3 is 2.59 bits per heavy atom. The predicted molar refractivity (Wildman–Crippen MR) is 66.2 cm³/mol. The van der Waals surface area contributed by atoms with Crippen LogP contribution in [0.25, 0.3) is 0 Å². The zero-order valence-electron chi connectivity index (χ0n) is 10.4. The quantitative estimate of drug-likeness (QED) is 0.809. The highest BCUT2D eigenvalue weighted by atomic mass is 32.2. The van der Waals surface area contributed by atoms with E-state index in [9.17, 15) is 9.59 Å². The SMILES string of the molecule is CC(C)(C)OC(=O)N[C@@H]1CSC[C@@H]1CC(=O)O. The summed E-state index contributed by atoms with van der Waals surface area (Å²) in [7, 11) is 0. The molecule has 1 aliphatic heterocycles. The monoisotopic (exact) mass is 261 g/mol. The summed E-state index contributed by atoms with van der Waals surface area (Å²) in [5, 5.41) is 11.5. The molecule has 2 atom stereocenters. The van der Waals surface area contributed by atoms with Crippen LogP contribution in [0, 0.1) is 5.92 Å². The molecular weight excluding hydrogens is 242 g/mol. The van der Waals surface area contributed by atoms with E-state index in [4.69, 9.17) is 9.84 Å². The van der Waals surface area contributed by atoms with E-state index >= 15 is 0 Å². The van der Waals surface area contributed by atoms with E-state index in [-0.39, 0.29) is 18.4 Å². The van der Waals surface area contributed by atoms with Crippen LogP contribution in [0.15, 0.2) is 0 Å². The molecule has 1 fully saturated rings. The van der Waals surface area contributed by atoms with Gasteiger partial charge in [0.15, 0.2) is 0 Å². The fraction of sp³-hybridized carbons (Fsp3) is 0.818. The van der Waals surface area contributed by atoms with Gasteiger partial charge in [0, 0.05) is 11.8 Å². The van der Waals surface area contributed by atoms with Crippen molar-refractivity contribution in [3.63, 3.8) is 0 Å². The number of alkyl carbamates (subject to hydrolysis) is 1. The van der Waals surface area contributed by atoms with Crippen LogP contribution < -0.4 is 5.32 Å². The molecule has 1 heterocycles. The molecule has 0 saturated carbocycles. The maximum atomic E-state index is 11.6. The lowest BCUT2D eigenvalue weighted by molar-refractivity contribution is -0.138. The second-order valence-electron chi connectivity index (χ2n) is 5.15. The van der Waals surface area contributed by atoms with Gasteiger partial charge in [-0.3, -0.25) is 4.79 Å². The number of nitrogens with one attached hydrogen (secondary N) is 1. The third-order valence-corrected chi connectivity index (χ3v) is 3.60. The third-order valence-electron chi connectivity index (χ3n) is 2.34. The van der Waals surface area contributed by atoms with Crippen molar-refractivity contribution in [3.05, 3.63) is 0 Å². The average Bonchev–Trinajstić information content (AvgIpc) is 2.47. The molecule has 17 heavy (non-hydrogen) atoms. The first-order valence-electron chi connectivity index (χ1n) is 5.57. The number of aliphatic carboxylic acids is 1. The Kier molecular flexibility index (Phi) is 4.68. The van der Waals surface area contributed by atoms with E-state index in [1.807, 2.05) is 0 Å². The van der Waals surface area contributed by atoms with Gasteiger partial charge in [-0.2, -0.15) is 11.8 Å². The molecule has 0 aromatic carbocycles. The first-order valence-corrected chi connectivity index (χ1v) is 6.72. The molecule has 1 saturated heterocycles. The summed E-state index contributed by atoms with van der Waals surface area (Å²) in [6.07, 6.45) is -0.381. The van der Waals surface area contributed by atoms with E-state index in [1.165, 1.54) is 0 Å². The van der Waals surface area contributed by atoms with Crippen molar-refractivity contribution >= 4 is 23.8 Å². The normalized spacial score (nSPS) is 24.4. The van der Waals surface area contributed by atoms with E-state index in [1.54, 1.807) is 32.5 Å². The Balaban J connectivity index is 2.44. The smallest absolute Gasteiger partial charge is 0.407 e. The van der Waals surface area contributed by atoms with Gasteiger partial charge in [0.05, 0.1) is 6.42 Å². The maximum Gasteiger partial charge on any atom is 0.407 e. The van der Waals surface area contributed by atoms with Gasteiger partial charge in [-0.15, -0.1) is 0 Å². The number of carbonyl (C=O) groups excluding carboxylic acids is 1. The zero-order valence-corrected chi connectivity index (χ0v) is 11.2. The van der Waals surface area contributed by atoms with Crippen molar-refractivity contribution in [2.75, 3.05) is 11.5 Å². The van der Waals surface area contributed by atoms with E-state index in [2.05, 4.69) is 5.32 Å². The number of hydrogen-bond acceptors (Lipinski definition) is 4. The summed E-state index contributed by atoms with van der Waals surface area (Å²) in [6, 6.07) is -0.106. The molecule has 6 heteroatoms. The molecule has 2 N–H and O–H groups in total. The minimum atomic E-state index is -0.825. The summed E-state index contributed by atoms with van der Waals surface area (Å²) in [4.78, 5) is 22.2. The highest BCUT2D eigenvalue weighted by Gasteiger charge is 2.31. The van der Waals surface area contributed by atoms with Gasteiger partial charge in [0.25, 0.3) is 0 Å². The molecule has 0 aromatic rings. The molecule has 0 aliphatic carbocycles. The van der Waals surface area contributed by atoms with Gasteiger partial charge >= 0.3 is 12.1 Å². The summed E-state index contributed by atoms with van der Waals surface area (Å²) in [5.74, 6) is 0.683. The van der Waals surface area contributed by atoms with Gasteiger partial charge in [-0.05, 0) is 32.4 Å². The second-order valence-corrected chi connectivity index (χ2v) is 6.22. The molecule has 0 aromatic heterocycles. The molecule has 0 unspecified atom stereocenters. The topological polar surface area (TPSA) is 75.6 Å². The van der Waals surface area contributed by atoms with Crippen LogP contribution in [0.3, 0.4) is 0 Å². The predicted octanol–water partition coefficient (Wildman–Crippen LogP) is 1.72. The summed E-state index contributed by atoms with van der Waals surface area (Å²) in [6.45, 7) is 5.39. The van der Waals surface area contributed by atoms with E-state index in [0.717, 1.165) is 11.5 Å². The number of rotatable bonds is 3. The van der Waals surface area contributed by atoms with Gasteiger partial charge in [0.1, 0.15) is 5.60 Å². The number of hydrogen-bond donors (Lipinski definition) is 2. The highest BCUT2D eigenvalue weighted by Crippen LogP contribution is 2.27. The lowest BCUT2D eigenvalue weighted by Gasteiger charge is -2.23. The van der Waals surface area contributed by atoms with Gasteiger partial charge in [0.2, 0.25) is 0 Å². The average molecular weight is 261 g/mol. The molecule has 1 aliphatic rings. The third kappa shape index (κ3) is 5.30. The molecule has 5 nitrogen and oxygen atoms in total. The molecule has 98 valence electrons. The molecular formula is C11H19NO4S.